The molecule has 0 radical (unpaired) electrons. The van der Waals surface area contributed by atoms with Crippen LogP contribution in [-0.2, 0) is 0 Å². The number of nitrogens with zero attached hydrogens (tertiary/aromatic N) is 1. The van der Waals surface area contributed by atoms with E-state index in [1.165, 1.54) is 25.7 Å². The molecule has 0 bridgehead atoms. The van der Waals surface area contributed by atoms with Gasteiger partial charge in [-0.2, -0.15) is 5.26 Å². The lowest BCUT2D eigenvalue weighted by molar-refractivity contribution is 0.416. The minimum absolute atomic E-state index is 0.741. The molecular formula is C10H19N. The zero-order chi connectivity index (χ0) is 8.53. The molecule has 0 rings (SSSR count). The van der Waals surface area contributed by atoms with Crippen LogP contribution in [0.3, 0.4) is 0 Å². The summed E-state index contributed by atoms with van der Waals surface area (Å²) in [6.45, 7) is 4.43. The molecule has 1 nitrogen and oxygen atoms in total. The van der Waals surface area contributed by atoms with Gasteiger partial charge < -0.3 is 0 Å². The van der Waals surface area contributed by atoms with Gasteiger partial charge in [0.1, 0.15) is 0 Å². The number of hydrogen-bond donors (Lipinski definition) is 0. The number of hydrogen-bond acceptors (Lipinski definition) is 1. The zero-order valence-corrected chi connectivity index (χ0v) is 7.77. The Labute approximate surface area is 70.4 Å². The van der Waals surface area contributed by atoms with Crippen LogP contribution in [0.1, 0.15) is 52.4 Å². The molecule has 0 unspecified atom stereocenters. The molecule has 0 aliphatic heterocycles. The fraction of sp³-hybridized carbons (Fsp3) is 0.900. The molecule has 0 aromatic carbocycles. The molecule has 0 aromatic heterocycles. The van der Waals surface area contributed by atoms with Gasteiger partial charge in [0.2, 0.25) is 0 Å². The fourth-order valence-corrected chi connectivity index (χ4v) is 1.52. The SMILES string of the molecule is CCCC(CCC)CCC#N. The van der Waals surface area contributed by atoms with Crippen LogP contribution in [0.15, 0.2) is 0 Å². The molecule has 11 heavy (non-hydrogen) atoms. The van der Waals surface area contributed by atoms with Gasteiger partial charge in [0.15, 0.2) is 0 Å². The molecule has 0 amide bonds. The molecule has 0 aromatic rings. The molecule has 64 valence electrons. The molecular weight excluding hydrogens is 134 g/mol. The lowest BCUT2D eigenvalue weighted by Gasteiger charge is -2.12. The molecule has 0 N–H and O–H groups in total. The van der Waals surface area contributed by atoms with Gasteiger partial charge in [0, 0.05) is 6.42 Å². The molecule has 0 aliphatic rings. The highest BCUT2D eigenvalue weighted by atomic mass is 14.2. The molecule has 0 saturated carbocycles. The molecule has 0 fully saturated rings. The topological polar surface area (TPSA) is 23.8 Å². The second-order valence-corrected chi connectivity index (χ2v) is 3.14. The first-order valence-electron chi connectivity index (χ1n) is 4.72. The summed E-state index contributed by atoms with van der Waals surface area (Å²) in [4.78, 5) is 0. The van der Waals surface area contributed by atoms with Crippen LogP contribution in [-0.4, -0.2) is 0 Å². The predicted octanol–water partition coefficient (Wildman–Crippen LogP) is 3.51. The zero-order valence-electron chi connectivity index (χ0n) is 7.77. The fourth-order valence-electron chi connectivity index (χ4n) is 1.52. The quantitative estimate of drug-likeness (QED) is 0.573. The van der Waals surface area contributed by atoms with E-state index in [1.807, 2.05) is 0 Å². The Kier molecular flexibility index (Phi) is 7.24. The van der Waals surface area contributed by atoms with Gasteiger partial charge in [-0.25, -0.2) is 0 Å². The maximum atomic E-state index is 8.40. The van der Waals surface area contributed by atoms with E-state index in [9.17, 15) is 0 Å². The summed E-state index contributed by atoms with van der Waals surface area (Å²) >= 11 is 0. The van der Waals surface area contributed by atoms with Gasteiger partial charge >= 0.3 is 0 Å². The molecule has 0 saturated heterocycles. The Balaban J connectivity index is 3.44. The number of rotatable bonds is 6. The Morgan fingerprint density at radius 2 is 1.64 bits per heavy atom. The maximum Gasteiger partial charge on any atom is 0.0621 e. The number of nitriles is 1. The van der Waals surface area contributed by atoms with Gasteiger partial charge in [-0.05, 0) is 12.3 Å². The second-order valence-electron chi connectivity index (χ2n) is 3.14. The third-order valence-electron chi connectivity index (χ3n) is 2.06. The van der Waals surface area contributed by atoms with Crippen LogP contribution in [0.4, 0.5) is 0 Å². The van der Waals surface area contributed by atoms with Gasteiger partial charge in [-0.1, -0.05) is 39.5 Å². The van der Waals surface area contributed by atoms with E-state index in [2.05, 4.69) is 19.9 Å². The van der Waals surface area contributed by atoms with Crippen molar-refractivity contribution in [1.29, 1.82) is 5.26 Å². The Morgan fingerprint density at radius 1 is 1.09 bits per heavy atom. The minimum atomic E-state index is 0.741. The Bertz CT molecular complexity index is 107. The Hall–Kier alpha value is -0.510. The van der Waals surface area contributed by atoms with Gasteiger partial charge in [-0.3, -0.25) is 0 Å². The van der Waals surface area contributed by atoms with E-state index < -0.39 is 0 Å². The average molecular weight is 153 g/mol. The van der Waals surface area contributed by atoms with Crippen LogP contribution < -0.4 is 0 Å². The summed E-state index contributed by atoms with van der Waals surface area (Å²) < 4.78 is 0. The molecule has 0 aliphatic carbocycles. The summed E-state index contributed by atoms with van der Waals surface area (Å²) in [5.41, 5.74) is 0. The summed E-state index contributed by atoms with van der Waals surface area (Å²) in [6.07, 6.45) is 6.97. The first-order valence-corrected chi connectivity index (χ1v) is 4.72. The monoisotopic (exact) mass is 153 g/mol. The van der Waals surface area contributed by atoms with E-state index in [1.54, 1.807) is 0 Å². The summed E-state index contributed by atoms with van der Waals surface area (Å²) in [5, 5.41) is 8.40. The van der Waals surface area contributed by atoms with Crippen molar-refractivity contribution in [2.75, 3.05) is 0 Å². The standard InChI is InChI=1S/C10H19N/c1-3-6-10(7-4-2)8-5-9-11/h10H,3-8H2,1-2H3. The van der Waals surface area contributed by atoms with Crippen molar-refractivity contribution in [2.24, 2.45) is 5.92 Å². The van der Waals surface area contributed by atoms with Gasteiger partial charge in [0.05, 0.1) is 6.07 Å². The summed E-state index contributed by atoms with van der Waals surface area (Å²) in [6, 6.07) is 2.21. The highest BCUT2D eigenvalue weighted by Gasteiger charge is 2.04. The average Bonchev–Trinajstić information content (AvgIpc) is 2.01. The largest absolute Gasteiger partial charge is 0.198 e. The van der Waals surface area contributed by atoms with Crippen molar-refractivity contribution < 1.29 is 0 Å². The van der Waals surface area contributed by atoms with Crippen LogP contribution in [0, 0.1) is 17.2 Å². The minimum Gasteiger partial charge on any atom is -0.198 e. The summed E-state index contributed by atoms with van der Waals surface area (Å²) in [7, 11) is 0. The van der Waals surface area contributed by atoms with E-state index in [4.69, 9.17) is 5.26 Å². The van der Waals surface area contributed by atoms with Crippen molar-refractivity contribution in [3.8, 4) is 6.07 Å². The predicted molar refractivity (Wildman–Crippen MR) is 48.2 cm³/mol. The lowest BCUT2D eigenvalue weighted by atomic mass is 9.94. The van der Waals surface area contributed by atoms with Crippen LogP contribution >= 0.6 is 0 Å². The molecule has 0 spiro atoms. The normalized spacial score (nSPS) is 10.0. The molecule has 0 atom stereocenters. The highest BCUT2D eigenvalue weighted by molar-refractivity contribution is 4.71. The lowest BCUT2D eigenvalue weighted by Crippen LogP contribution is -1.98. The van der Waals surface area contributed by atoms with E-state index >= 15 is 0 Å². The van der Waals surface area contributed by atoms with E-state index in [0.717, 1.165) is 18.8 Å². The van der Waals surface area contributed by atoms with E-state index in [0.29, 0.717) is 0 Å². The first kappa shape index (κ1) is 10.5. The maximum absolute atomic E-state index is 8.40. The highest BCUT2D eigenvalue weighted by Crippen LogP contribution is 2.18. The van der Waals surface area contributed by atoms with Crippen LogP contribution in [0.5, 0.6) is 0 Å². The van der Waals surface area contributed by atoms with Crippen molar-refractivity contribution in [1.82, 2.24) is 0 Å². The Morgan fingerprint density at radius 3 is 2.00 bits per heavy atom. The van der Waals surface area contributed by atoms with Crippen molar-refractivity contribution >= 4 is 0 Å². The van der Waals surface area contributed by atoms with Crippen molar-refractivity contribution in [3.63, 3.8) is 0 Å². The second kappa shape index (κ2) is 7.60. The summed E-state index contributed by atoms with van der Waals surface area (Å²) in [5.74, 6) is 0.810. The van der Waals surface area contributed by atoms with Gasteiger partial charge in [-0.15, -0.1) is 0 Å². The van der Waals surface area contributed by atoms with E-state index in [-0.39, 0.29) is 0 Å². The van der Waals surface area contributed by atoms with Crippen LogP contribution in [0.25, 0.3) is 0 Å². The molecule has 1 heteroatoms. The van der Waals surface area contributed by atoms with Gasteiger partial charge in [0.25, 0.3) is 0 Å². The third-order valence-corrected chi connectivity index (χ3v) is 2.06. The van der Waals surface area contributed by atoms with Crippen molar-refractivity contribution in [2.45, 2.75) is 52.4 Å². The van der Waals surface area contributed by atoms with Crippen molar-refractivity contribution in [3.05, 3.63) is 0 Å². The first-order chi connectivity index (χ1) is 5.35. The van der Waals surface area contributed by atoms with Crippen LogP contribution in [0.2, 0.25) is 0 Å². The third kappa shape index (κ3) is 5.91. The molecule has 0 heterocycles. The smallest absolute Gasteiger partial charge is 0.0621 e.